The molecule has 0 fully saturated rings. The Bertz CT molecular complexity index is 1340. The Hall–Kier alpha value is -4.51. The van der Waals surface area contributed by atoms with E-state index in [1.165, 1.54) is 0 Å². The molecule has 0 radical (unpaired) electrons. The predicted octanol–water partition coefficient (Wildman–Crippen LogP) is 4.14. The maximum atomic E-state index is 13.0. The van der Waals surface area contributed by atoms with Crippen LogP contribution in [0.1, 0.15) is 49.9 Å². The van der Waals surface area contributed by atoms with Crippen LogP contribution in [-0.4, -0.2) is 47.9 Å². The molecule has 1 aliphatic carbocycles. The molecular weight excluding hydrogens is 505 g/mol. The number of rotatable bonds is 7. The highest BCUT2D eigenvalue weighted by Gasteiger charge is 2.38. The lowest BCUT2D eigenvalue weighted by atomic mass is 9.83. The summed E-state index contributed by atoms with van der Waals surface area (Å²) in [6.07, 6.45) is -4.56. The Balaban J connectivity index is 0.000000505. The average Bonchev–Trinajstić information content (AvgIpc) is 2.91. The lowest BCUT2D eigenvalue weighted by Gasteiger charge is -2.20. The summed E-state index contributed by atoms with van der Waals surface area (Å²) in [4.78, 5) is 46.8. The molecule has 4 N–H and O–H groups in total. The van der Waals surface area contributed by atoms with Crippen LogP contribution in [0.3, 0.4) is 0 Å². The second-order valence-corrected chi connectivity index (χ2v) is 8.07. The molecular formula is C27H23F3N2O6. The number of carbonyl (C=O) groups is 4. The van der Waals surface area contributed by atoms with Crippen LogP contribution in [0, 0.1) is 0 Å². The van der Waals surface area contributed by atoms with Crippen molar-refractivity contribution in [1.82, 2.24) is 0 Å². The first-order valence-corrected chi connectivity index (χ1v) is 11.3. The van der Waals surface area contributed by atoms with Crippen LogP contribution < -0.4 is 11.1 Å². The molecule has 0 heterocycles. The van der Waals surface area contributed by atoms with Gasteiger partial charge in [-0.25, -0.2) is 9.59 Å². The maximum absolute atomic E-state index is 13.0. The molecule has 3 aromatic rings. The number of carbonyl (C=O) groups excluding carboxylic acids is 3. The summed E-state index contributed by atoms with van der Waals surface area (Å²) in [5.41, 5.74) is 8.85. The van der Waals surface area contributed by atoms with E-state index >= 15 is 0 Å². The summed E-state index contributed by atoms with van der Waals surface area (Å²) in [6.45, 7) is 0.657. The second kappa shape index (κ2) is 12.2. The van der Waals surface area contributed by atoms with E-state index in [1.54, 1.807) is 54.6 Å². The number of carboxylic acid groups (broad SMARTS) is 1. The van der Waals surface area contributed by atoms with E-state index in [9.17, 15) is 27.6 Å². The van der Waals surface area contributed by atoms with Gasteiger partial charge < -0.3 is 20.9 Å². The molecule has 38 heavy (non-hydrogen) atoms. The number of esters is 1. The van der Waals surface area contributed by atoms with Gasteiger partial charge in [0, 0.05) is 28.9 Å². The first-order valence-electron chi connectivity index (χ1n) is 11.3. The maximum Gasteiger partial charge on any atom is 0.490 e. The van der Waals surface area contributed by atoms with Crippen molar-refractivity contribution in [3.05, 3.63) is 101 Å². The zero-order chi connectivity index (χ0) is 27.9. The molecule has 0 amide bonds. The minimum absolute atomic E-state index is 0.155. The highest BCUT2D eigenvalue weighted by Crippen LogP contribution is 2.31. The van der Waals surface area contributed by atoms with E-state index in [0.717, 1.165) is 0 Å². The molecule has 3 aromatic carbocycles. The Morgan fingerprint density at radius 1 is 0.868 bits per heavy atom. The number of nitrogens with one attached hydrogen (secondary N) is 1. The third kappa shape index (κ3) is 6.62. The Morgan fingerprint density at radius 3 is 2.03 bits per heavy atom. The van der Waals surface area contributed by atoms with E-state index in [2.05, 4.69) is 5.32 Å². The first kappa shape index (κ1) is 28.1. The van der Waals surface area contributed by atoms with Gasteiger partial charge in [0.15, 0.2) is 11.6 Å². The number of ketones is 2. The van der Waals surface area contributed by atoms with Crippen molar-refractivity contribution in [1.29, 1.82) is 0 Å². The van der Waals surface area contributed by atoms with E-state index < -0.39 is 24.2 Å². The molecule has 1 atom stereocenters. The number of fused-ring (bicyclic) bond motifs is 2. The standard InChI is InChI=1S/C25H22N2O4.C2HF3O2/c26-22(16-8-2-1-3-9-16)25(30)31-15-7-14-27-20-13-6-12-19-21(20)24(29)18-11-5-4-10-17(18)23(19)28;3-2(4,5)1(6)7/h1-6,8-13,22,27H,7,14-15,26H2;(H,6,7)/t22-;/m0./s1. The van der Waals surface area contributed by atoms with Gasteiger partial charge in [-0.15, -0.1) is 0 Å². The van der Waals surface area contributed by atoms with E-state index in [0.29, 0.717) is 46.5 Å². The minimum atomic E-state index is -5.08. The number of anilines is 1. The summed E-state index contributed by atoms with van der Waals surface area (Å²) in [5, 5.41) is 10.3. The Morgan fingerprint density at radius 2 is 1.42 bits per heavy atom. The predicted molar refractivity (Wildman–Crippen MR) is 131 cm³/mol. The van der Waals surface area contributed by atoms with Gasteiger partial charge in [0.2, 0.25) is 0 Å². The highest BCUT2D eigenvalue weighted by molar-refractivity contribution is 6.30. The number of hydrogen-bond donors (Lipinski definition) is 3. The van der Waals surface area contributed by atoms with Crippen LogP contribution in [0.25, 0.3) is 0 Å². The van der Waals surface area contributed by atoms with Crippen LogP contribution in [-0.2, 0) is 14.3 Å². The first-order chi connectivity index (χ1) is 18.0. The van der Waals surface area contributed by atoms with Crippen molar-refractivity contribution in [3.63, 3.8) is 0 Å². The molecule has 0 spiro atoms. The summed E-state index contributed by atoms with van der Waals surface area (Å²) in [6, 6.07) is 20.3. The summed E-state index contributed by atoms with van der Waals surface area (Å²) in [5.74, 6) is -3.57. The fraction of sp³-hybridized carbons (Fsp3) is 0.185. The van der Waals surface area contributed by atoms with E-state index in [4.69, 9.17) is 20.4 Å². The van der Waals surface area contributed by atoms with Crippen molar-refractivity contribution in [2.75, 3.05) is 18.5 Å². The fourth-order valence-electron chi connectivity index (χ4n) is 3.65. The van der Waals surface area contributed by atoms with Crippen molar-refractivity contribution >= 4 is 29.2 Å². The highest BCUT2D eigenvalue weighted by atomic mass is 19.4. The van der Waals surface area contributed by atoms with Gasteiger partial charge in [-0.2, -0.15) is 13.2 Å². The van der Waals surface area contributed by atoms with Gasteiger partial charge in [0.1, 0.15) is 6.04 Å². The zero-order valence-corrected chi connectivity index (χ0v) is 19.8. The second-order valence-electron chi connectivity index (χ2n) is 8.07. The normalized spacial score (nSPS) is 12.8. The number of carboxylic acids is 1. The number of halogens is 3. The van der Waals surface area contributed by atoms with Crippen molar-refractivity contribution in [2.24, 2.45) is 5.73 Å². The SMILES string of the molecule is N[C@H](C(=O)OCCCNc1cccc2c1C(=O)c1ccccc1C2=O)c1ccccc1.O=C(O)C(F)(F)F. The van der Waals surface area contributed by atoms with Crippen LogP contribution in [0.5, 0.6) is 0 Å². The summed E-state index contributed by atoms with van der Waals surface area (Å²) < 4.78 is 37.0. The summed E-state index contributed by atoms with van der Waals surface area (Å²) >= 11 is 0. The van der Waals surface area contributed by atoms with Crippen molar-refractivity contribution in [3.8, 4) is 0 Å². The minimum Gasteiger partial charge on any atom is -0.475 e. The quantitative estimate of drug-likeness (QED) is 0.241. The number of hydrogen-bond acceptors (Lipinski definition) is 7. The molecule has 8 nitrogen and oxygen atoms in total. The average molecular weight is 528 g/mol. The molecule has 1 aliphatic rings. The molecule has 0 bridgehead atoms. The number of benzene rings is 3. The number of alkyl halides is 3. The van der Waals surface area contributed by atoms with Gasteiger partial charge in [-0.05, 0) is 18.1 Å². The molecule has 0 unspecified atom stereocenters. The Kier molecular flexibility index (Phi) is 8.98. The smallest absolute Gasteiger partial charge is 0.475 e. The molecule has 4 rings (SSSR count). The lowest BCUT2D eigenvalue weighted by Crippen LogP contribution is -2.25. The van der Waals surface area contributed by atoms with Crippen molar-refractivity contribution in [2.45, 2.75) is 18.6 Å². The molecule has 0 aromatic heterocycles. The monoisotopic (exact) mass is 528 g/mol. The van der Waals surface area contributed by atoms with Crippen LogP contribution in [0.4, 0.5) is 18.9 Å². The third-order valence-corrected chi connectivity index (χ3v) is 5.49. The van der Waals surface area contributed by atoms with Crippen LogP contribution >= 0.6 is 0 Å². The summed E-state index contributed by atoms with van der Waals surface area (Å²) in [7, 11) is 0. The van der Waals surface area contributed by atoms with E-state index in [1.807, 2.05) is 18.2 Å². The van der Waals surface area contributed by atoms with Gasteiger partial charge in [-0.1, -0.05) is 66.7 Å². The molecule has 11 heteroatoms. The Labute approximate surface area is 215 Å². The van der Waals surface area contributed by atoms with Gasteiger partial charge in [0.05, 0.1) is 12.2 Å². The molecule has 198 valence electrons. The van der Waals surface area contributed by atoms with Gasteiger partial charge in [-0.3, -0.25) is 9.59 Å². The number of ether oxygens (including phenoxy) is 1. The van der Waals surface area contributed by atoms with Crippen LogP contribution in [0.15, 0.2) is 72.8 Å². The lowest BCUT2D eigenvalue weighted by molar-refractivity contribution is -0.192. The topological polar surface area (TPSA) is 136 Å². The number of nitrogens with two attached hydrogens (primary N) is 1. The van der Waals surface area contributed by atoms with Gasteiger partial charge in [0.25, 0.3) is 0 Å². The van der Waals surface area contributed by atoms with Crippen molar-refractivity contribution < 1.29 is 42.2 Å². The zero-order valence-electron chi connectivity index (χ0n) is 19.8. The van der Waals surface area contributed by atoms with E-state index in [-0.39, 0.29) is 18.2 Å². The van der Waals surface area contributed by atoms with Gasteiger partial charge >= 0.3 is 18.1 Å². The molecule has 0 saturated heterocycles. The number of aliphatic carboxylic acids is 1. The molecule has 0 saturated carbocycles. The largest absolute Gasteiger partial charge is 0.490 e. The molecule has 0 aliphatic heterocycles. The third-order valence-electron chi connectivity index (χ3n) is 5.49. The van der Waals surface area contributed by atoms with Crippen LogP contribution in [0.2, 0.25) is 0 Å². The fourth-order valence-corrected chi connectivity index (χ4v) is 3.65.